The first kappa shape index (κ1) is 30.6. The van der Waals surface area contributed by atoms with Crippen molar-refractivity contribution in [3.05, 3.63) is 81.5 Å². The van der Waals surface area contributed by atoms with Gasteiger partial charge in [-0.1, -0.05) is 94.7 Å². The summed E-state index contributed by atoms with van der Waals surface area (Å²) in [6.45, 7) is 0. The summed E-state index contributed by atoms with van der Waals surface area (Å²) in [5.41, 5.74) is 7.95. The lowest BCUT2D eigenvalue weighted by Gasteiger charge is -2.33. The van der Waals surface area contributed by atoms with E-state index in [-0.39, 0.29) is 5.41 Å². The van der Waals surface area contributed by atoms with E-state index in [4.69, 9.17) is 0 Å². The highest BCUT2D eigenvalue weighted by molar-refractivity contribution is 9.09. The van der Waals surface area contributed by atoms with E-state index in [1.807, 2.05) is 12.1 Å². The molecule has 0 amide bonds. The highest BCUT2D eigenvalue weighted by Gasteiger charge is 2.42. The molecule has 5 rings (SSSR count). The van der Waals surface area contributed by atoms with Crippen LogP contribution in [0.4, 0.5) is 0 Å². The second kappa shape index (κ2) is 14.5. The van der Waals surface area contributed by atoms with Crippen LogP contribution in [-0.4, -0.2) is 23.2 Å². The summed E-state index contributed by atoms with van der Waals surface area (Å²) in [6.07, 6.45) is 14.0. The molecule has 0 unspecified atom stereocenters. The lowest BCUT2D eigenvalue weighted by molar-refractivity contribution is 0.111. The van der Waals surface area contributed by atoms with Crippen LogP contribution in [0.5, 0.6) is 0 Å². The molecule has 2 nitrogen and oxygen atoms in total. The zero-order valence-electron chi connectivity index (χ0n) is 23.3. The van der Waals surface area contributed by atoms with Crippen LogP contribution in [0.15, 0.2) is 60.7 Å². The van der Waals surface area contributed by atoms with E-state index in [9.17, 15) is 9.59 Å². The first-order valence-corrected chi connectivity index (χ1v) is 18.5. The summed E-state index contributed by atoms with van der Waals surface area (Å²) in [6, 6.07) is 22.0. The number of benzene rings is 2. The molecular weight excluding hydrogens is 676 g/mol. The monoisotopic (exact) mass is 710 g/mol. The van der Waals surface area contributed by atoms with Gasteiger partial charge in [-0.15, -0.1) is 22.7 Å². The van der Waals surface area contributed by atoms with Crippen molar-refractivity contribution >= 4 is 67.1 Å². The number of fused-ring (bicyclic) bond motifs is 3. The average molecular weight is 713 g/mol. The van der Waals surface area contributed by atoms with Gasteiger partial charge in [0.05, 0.1) is 9.75 Å². The van der Waals surface area contributed by atoms with Crippen molar-refractivity contribution in [3.8, 4) is 32.0 Å². The van der Waals surface area contributed by atoms with Crippen molar-refractivity contribution < 1.29 is 9.59 Å². The minimum atomic E-state index is -0.0466. The predicted octanol–water partition coefficient (Wildman–Crippen LogP) is 11.7. The number of unbranched alkanes of at least 4 members (excludes halogenated alkanes) is 6. The molecule has 0 spiro atoms. The maximum absolute atomic E-state index is 11.4. The molecule has 2 aromatic heterocycles. The highest BCUT2D eigenvalue weighted by atomic mass is 79.9. The third kappa shape index (κ3) is 6.71. The van der Waals surface area contributed by atoms with Crippen molar-refractivity contribution in [2.45, 2.75) is 69.6 Å². The molecule has 214 valence electrons. The van der Waals surface area contributed by atoms with Crippen LogP contribution < -0.4 is 0 Å². The van der Waals surface area contributed by atoms with Crippen LogP contribution in [0, 0.1) is 0 Å². The number of alkyl halides is 2. The number of hydrogen-bond donors (Lipinski definition) is 0. The third-order valence-electron chi connectivity index (χ3n) is 8.39. The Hall–Kier alpha value is -1.86. The van der Waals surface area contributed by atoms with Crippen LogP contribution in [0.25, 0.3) is 32.0 Å². The van der Waals surface area contributed by atoms with Crippen LogP contribution in [0.3, 0.4) is 0 Å². The smallest absolute Gasteiger partial charge is 0.160 e. The van der Waals surface area contributed by atoms with Crippen LogP contribution >= 0.6 is 54.5 Å². The van der Waals surface area contributed by atoms with E-state index in [0.717, 1.165) is 55.6 Å². The van der Waals surface area contributed by atoms with Gasteiger partial charge in [-0.05, 0) is 95.5 Å². The Labute approximate surface area is 268 Å². The number of hydrogen-bond acceptors (Lipinski definition) is 4. The van der Waals surface area contributed by atoms with Gasteiger partial charge in [0.2, 0.25) is 0 Å². The fourth-order valence-corrected chi connectivity index (χ4v) is 8.79. The van der Waals surface area contributed by atoms with Gasteiger partial charge < -0.3 is 0 Å². The second-order valence-electron chi connectivity index (χ2n) is 10.9. The molecule has 2 aromatic carbocycles. The number of halogens is 2. The van der Waals surface area contributed by atoms with Crippen molar-refractivity contribution in [2.24, 2.45) is 0 Å². The van der Waals surface area contributed by atoms with Crippen molar-refractivity contribution in [1.82, 2.24) is 0 Å². The quantitative estimate of drug-likeness (QED) is 0.0658. The summed E-state index contributed by atoms with van der Waals surface area (Å²) in [5, 5.41) is 2.13. The molecule has 0 bridgehead atoms. The minimum Gasteiger partial charge on any atom is -0.297 e. The summed E-state index contributed by atoms with van der Waals surface area (Å²) < 4.78 is 0. The summed E-state index contributed by atoms with van der Waals surface area (Å²) in [4.78, 5) is 26.7. The topological polar surface area (TPSA) is 34.1 Å². The van der Waals surface area contributed by atoms with Crippen LogP contribution in [0.1, 0.15) is 94.7 Å². The number of carbonyl (C=O) groups excluding carboxylic acids is 2. The number of thiophene rings is 2. The molecule has 1 aliphatic rings. The number of aldehydes is 2. The van der Waals surface area contributed by atoms with Crippen molar-refractivity contribution in [1.29, 1.82) is 0 Å². The molecule has 0 N–H and O–H groups in total. The van der Waals surface area contributed by atoms with Gasteiger partial charge in [-0.3, -0.25) is 9.59 Å². The van der Waals surface area contributed by atoms with E-state index in [1.54, 1.807) is 22.7 Å². The molecule has 0 aliphatic heterocycles. The summed E-state index contributed by atoms with van der Waals surface area (Å²) >= 11 is 10.3. The molecule has 0 saturated heterocycles. The highest BCUT2D eigenvalue weighted by Crippen LogP contribution is 2.56. The largest absolute Gasteiger partial charge is 0.297 e. The molecule has 6 heteroatoms. The average Bonchev–Trinajstić information content (AvgIpc) is 3.74. The van der Waals surface area contributed by atoms with Gasteiger partial charge in [-0.2, -0.15) is 0 Å². The summed E-state index contributed by atoms with van der Waals surface area (Å²) in [7, 11) is 0. The van der Waals surface area contributed by atoms with Gasteiger partial charge in [0.1, 0.15) is 0 Å². The fraction of sp³-hybridized carbons (Fsp3) is 0.371. The first-order chi connectivity index (χ1) is 20.1. The van der Waals surface area contributed by atoms with Gasteiger partial charge in [0.25, 0.3) is 0 Å². The Morgan fingerprint density at radius 3 is 1.39 bits per heavy atom. The Morgan fingerprint density at radius 2 is 1.00 bits per heavy atom. The standard InChI is InChI=1S/C35H36Br2O2S2/c36-19-7-3-1-5-17-35(18-6-2-4-8-20-37)31-21-25(33-15-11-27(23-38)40-33)9-13-29(31)30-14-10-26(22-32(30)35)34-16-12-28(24-39)41-34/h9-16,21-24H,1-8,17-20H2. The molecule has 41 heavy (non-hydrogen) atoms. The zero-order valence-corrected chi connectivity index (χ0v) is 28.1. The Morgan fingerprint density at radius 1 is 0.561 bits per heavy atom. The van der Waals surface area contributed by atoms with Gasteiger partial charge >= 0.3 is 0 Å². The Kier molecular flexibility index (Phi) is 10.9. The zero-order chi connectivity index (χ0) is 28.7. The molecule has 1 aliphatic carbocycles. The van der Waals surface area contributed by atoms with Gasteiger partial charge in [0.15, 0.2) is 12.6 Å². The van der Waals surface area contributed by atoms with Crippen LogP contribution in [-0.2, 0) is 5.41 Å². The van der Waals surface area contributed by atoms with E-state index >= 15 is 0 Å². The summed E-state index contributed by atoms with van der Waals surface area (Å²) in [5.74, 6) is 0. The Bertz CT molecular complexity index is 1370. The molecule has 0 atom stereocenters. The normalized spacial score (nSPS) is 13.2. The molecule has 0 radical (unpaired) electrons. The number of carbonyl (C=O) groups is 2. The maximum atomic E-state index is 11.4. The van der Waals surface area contributed by atoms with Crippen molar-refractivity contribution in [3.63, 3.8) is 0 Å². The Balaban J connectivity index is 1.60. The fourth-order valence-electron chi connectivity index (χ4n) is 6.36. The first-order valence-electron chi connectivity index (χ1n) is 14.7. The molecule has 4 aromatic rings. The lowest BCUT2D eigenvalue weighted by Crippen LogP contribution is -2.25. The molecule has 2 heterocycles. The van der Waals surface area contributed by atoms with E-state index in [1.165, 1.54) is 84.7 Å². The SMILES string of the molecule is O=Cc1ccc(-c2ccc3c(c2)C(CCCCCCBr)(CCCCCCBr)c2cc(-c4ccc(C=O)s4)ccc2-3)s1. The molecule has 0 saturated carbocycles. The minimum absolute atomic E-state index is 0.0466. The van der Waals surface area contributed by atoms with Gasteiger partial charge in [0, 0.05) is 25.8 Å². The molecule has 0 fully saturated rings. The van der Waals surface area contributed by atoms with E-state index < -0.39 is 0 Å². The second-order valence-corrected chi connectivity index (χ2v) is 14.8. The van der Waals surface area contributed by atoms with E-state index in [2.05, 4.69) is 80.4 Å². The van der Waals surface area contributed by atoms with Gasteiger partial charge in [-0.25, -0.2) is 0 Å². The lowest BCUT2D eigenvalue weighted by atomic mass is 9.70. The third-order valence-corrected chi connectivity index (χ3v) is 11.6. The number of rotatable bonds is 16. The van der Waals surface area contributed by atoms with Crippen LogP contribution in [0.2, 0.25) is 0 Å². The van der Waals surface area contributed by atoms with E-state index in [0.29, 0.717) is 0 Å². The molecular formula is C35H36Br2O2S2. The predicted molar refractivity (Wildman–Crippen MR) is 184 cm³/mol. The van der Waals surface area contributed by atoms with Crippen molar-refractivity contribution in [2.75, 3.05) is 10.7 Å². The maximum Gasteiger partial charge on any atom is 0.160 e.